The number of nitrogen functional groups attached to an aromatic ring is 1. The van der Waals surface area contributed by atoms with Crippen molar-refractivity contribution >= 4 is 17.6 Å². The molecule has 21 heavy (non-hydrogen) atoms. The van der Waals surface area contributed by atoms with Crippen LogP contribution in [0.15, 0.2) is 6.33 Å². The molecule has 0 radical (unpaired) electrons. The maximum absolute atomic E-state index is 11.7. The number of hydrogen-bond donors (Lipinski definition) is 5. The van der Waals surface area contributed by atoms with Crippen LogP contribution in [-0.4, -0.2) is 64.3 Å². The highest BCUT2D eigenvalue weighted by atomic mass is 16.6. The lowest BCUT2D eigenvalue weighted by molar-refractivity contribution is -0.388. The maximum atomic E-state index is 11.7. The Morgan fingerprint density at radius 3 is 2.81 bits per heavy atom. The zero-order chi connectivity index (χ0) is 15.6. The second kappa shape index (κ2) is 6.18. The molecule has 1 aromatic rings. The molecule has 10 nitrogen and oxygen atoms in total. The highest BCUT2D eigenvalue weighted by Gasteiger charge is 2.43. The molecule has 1 fully saturated rings. The maximum Gasteiger partial charge on any atom is 0.345 e. The van der Waals surface area contributed by atoms with Crippen LogP contribution in [0, 0.1) is 0 Å². The van der Waals surface area contributed by atoms with Crippen molar-refractivity contribution in [2.45, 2.75) is 24.5 Å². The summed E-state index contributed by atoms with van der Waals surface area (Å²) in [6, 6.07) is 0. The predicted molar refractivity (Wildman–Crippen MR) is 69.8 cm³/mol. The lowest BCUT2D eigenvalue weighted by Crippen LogP contribution is -2.58. The van der Waals surface area contributed by atoms with E-state index in [1.165, 1.54) is 7.11 Å². The van der Waals surface area contributed by atoms with Crippen LogP contribution in [0.2, 0.25) is 0 Å². The molecule has 4 unspecified atom stereocenters. The SMILES string of the molecule is COC(=O)c1c(N)ncnc1NC1OC(C[NH3+])C(O)C1O. The number of aliphatic hydroxyl groups excluding tert-OH is 2. The number of rotatable bonds is 4. The van der Waals surface area contributed by atoms with Gasteiger partial charge in [-0.15, -0.1) is 0 Å². The number of ether oxygens (including phenoxy) is 2. The van der Waals surface area contributed by atoms with Crippen LogP contribution in [0.4, 0.5) is 11.6 Å². The Morgan fingerprint density at radius 2 is 2.24 bits per heavy atom. The van der Waals surface area contributed by atoms with Crippen molar-refractivity contribution in [2.75, 3.05) is 24.7 Å². The molecule has 2 heterocycles. The Morgan fingerprint density at radius 1 is 1.52 bits per heavy atom. The van der Waals surface area contributed by atoms with Gasteiger partial charge in [-0.25, -0.2) is 14.8 Å². The first-order valence-corrected chi connectivity index (χ1v) is 6.25. The van der Waals surface area contributed by atoms with E-state index >= 15 is 0 Å². The van der Waals surface area contributed by atoms with Crippen molar-refractivity contribution in [2.24, 2.45) is 0 Å². The normalized spacial score (nSPS) is 28.4. The summed E-state index contributed by atoms with van der Waals surface area (Å²) in [4.78, 5) is 19.3. The first-order valence-electron chi connectivity index (χ1n) is 6.25. The molecule has 0 saturated carbocycles. The van der Waals surface area contributed by atoms with Crippen LogP contribution in [-0.2, 0) is 9.47 Å². The summed E-state index contributed by atoms with van der Waals surface area (Å²) >= 11 is 0. The Bertz CT molecular complexity index is 528. The minimum absolute atomic E-state index is 0.0512. The van der Waals surface area contributed by atoms with E-state index in [1.807, 2.05) is 0 Å². The van der Waals surface area contributed by atoms with Gasteiger partial charge in [-0.3, -0.25) is 0 Å². The zero-order valence-corrected chi connectivity index (χ0v) is 11.4. The average molecular weight is 300 g/mol. The lowest BCUT2D eigenvalue weighted by Gasteiger charge is -2.18. The van der Waals surface area contributed by atoms with Crippen molar-refractivity contribution < 1.29 is 30.2 Å². The van der Waals surface area contributed by atoms with Gasteiger partial charge in [-0.05, 0) is 0 Å². The Labute approximate surface area is 120 Å². The predicted octanol–water partition coefficient (Wildman–Crippen LogP) is -3.05. The molecule has 1 saturated heterocycles. The first kappa shape index (κ1) is 15.4. The summed E-state index contributed by atoms with van der Waals surface area (Å²) in [5.74, 6) is -0.742. The number of methoxy groups -OCH3 is 1. The molecule has 0 amide bonds. The van der Waals surface area contributed by atoms with Gasteiger partial charge in [0.1, 0.15) is 48.4 Å². The Kier molecular flexibility index (Phi) is 4.53. The Hall–Kier alpha value is -2.01. The van der Waals surface area contributed by atoms with E-state index < -0.39 is 30.5 Å². The number of nitrogens with one attached hydrogen (secondary N) is 1. The Balaban J connectivity index is 2.24. The van der Waals surface area contributed by atoms with E-state index in [0.29, 0.717) is 0 Å². The van der Waals surface area contributed by atoms with Crippen LogP contribution < -0.4 is 16.8 Å². The number of hydrogen-bond acceptors (Lipinski definition) is 9. The van der Waals surface area contributed by atoms with Gasteiger partial charge in [0.15, 0.2) is 6.23 Å². The zero-order valence-electron chi connectivity index (χ0n) is 11.4. The molecule has 1 aliphatic rings. The van der Waals surface area contributed by atoms with Crippen molar-refractivity contribution in [3.63, 3.8) is 0 Å². The molecule has 0 bridgehead atoms. The van der Waals surface area contributed by atoms with Crippen molar-refractivity contribution in [3.8, 4) is 0 Å². The summed E-state index contributed by atoms with van der Waals surface area (Å²) < 4.78 is 10.0. The minimum atomic E-state index is -1.20. The molecule has 4 atom stereocenters. The number of esters is 1. The molecular formula is C11H18N5O5+. The summed E-state index contributed by atoms with van der Waals surface area (Å²) in [6.07, 6.45) is -2.69. The van der Waals surface area contributed by atoms with Gasteiger partial charge >= 0.3 is 5.97 Å². The van der Waals surface area contributed by atoms with Gasteiger partial charge in [-0.1, -0.05) is 0 Å². The first-order chi connectivity index (χ1) is 9.99. The number of nitrogens with two attached hydrogens (primary N) is 1. The number of aliphatic hydroxyl groups is 2. The third kappa shape index (κ3) is 2.88. The third-order valence-corrected chi connectivity index (χ3v) is 3.19. The molecular weight excluding hydrogens is 282 g/mol. The number of carbonyl (C=O) groups excluding carboxylic acids is 1. The van der Waals surface area contributed by atoms with Gasteiger partial charge in [0.25, 0.3) is 0 Å². The van der Waals surface area contributed by atoms with Gasteiger partial charge in [0, 0.05) is 0 Å². The average Bonchev–Trinajstić information content (AvgIpc) is 2.74. The van der Waals surface area contributed by atoms with Crippen LogP contribution in [0.5, 0.6) is 0 Å². The molecule has 2 rings (SSSR count). The topological polar surface area (TPSA) is 167 Å². The second-order valence-corrected chi connectivity index (χ2v) is 4.48. The van der Waals surface area contributed by atoms with E-state index in [4.69, 9.17) is 10.5 Å². The number of nitrogens with zero attached hydrogens (tertiary/aromatic N) is 2. The summed E-state index contributed by atoms with van der Waals surface area (Å²) in [5.41, 5.74) is 9.19. The molecule has 0 aromatic carbocycles. The highest BCUT2D eigenvalue weighted by molar-refractivity contribution is 5.99. The lowest BCUT2D eigenvalue weighted by atomic mass is 10.1. The van der Waals surface area contributed by atoms with Crippen molar-refractivity contribution in [1.82, 2.24) is 9.97 Å². The van der Waals surface area contributed by atoms with Crippen molar-refractivity contribution in [1.29, 1.82) is 0 Å². The van der Waals surface area contributed by atoms with Crippen LogP contribution in [0.3, 0.4) is 0 Å². The molecule has 10 heteroatoms. The van der Waals surface area contributed by atoms with E-state index in [1.54, 1.807) is 0 Å². The van der Waals surface area contributed by atoms with Gasteiger partial charge in [0.2, 0.25) is 0 Å². The van der Waals surface area contributed by atoms with Crippen LogP contribution in [0.1, 0.15) is 10.4 Å². The summed E-state index contributed by atoms with van der Waals surface area (Å²) in [6.45, 7) is 0.284. The third-order valence-electron chi connectivity index (χ3n) is 3.19. The highest BCUT2D eigenvalue weighted by Crippen LogP contribution is 2.25. The number of aromatic nitrogens is 2. The number of anilines is 2. The largest absolute Gasteiger partial charge is 0.465 e. The molecule has 1 aliphatic heterocycles. The van der Waals surface area contributed by atoms with E-state index in [9.17, 15) is 15.0 Å². The van der Waals surface area contributed by atoms with Crippen molar-refractivity contribution in [3.05, 3.63) is 11.9 Å². The fraction of sp³-hybridized carbons (Fsp3) is 0.545. The molecule has 116 valence electrons. The standard InChI is InChI=1S/C11H17N5O5/c1-20-11(19)5-8(13)14-3-15-9(5)16-10-7(18)6(17)4(2-12)21-10/h3-4,6-7,10,17-18H,2,12H2,1H3,(H3,13,14,15,16)/p+1. The summed E-state index contributed by atoms with van der Waals surface area (Å²) in [7, 11) is 1.20. The fourth-order valence-electron chi connectivity index (χ4n) is 2.05. The molecule has 1 aromatic heterocycles. The summed E-state index contributed by atoms with van der Waals surface area (Å²) in [5, 5.41) is 22.4. The molecule has 0 spiro atoms. The van der Waals surface area contributed by atoms with Crippen LogP contribution >= 0.6 is 0 Å². The smallest absolute Gasteiger partial charge is 0.345 e. The molecule has 0 aliphatic carbocycles. The van der Waals surface area contributed by atoms with Gasteiger partial charge in [-0.2, -0.15) is 0 Å². The second-order valence-electron chi connectivity index (χ2n) is 4.48. The number of carbonyl (C=O) groups is 1. The quantitative estimate of drug-likeness (QED) is 0.363. The van der Waals surface area contributed by atoms with Gasteiger partial charge < -0.3 is 36.5 Å². The van der Waals surface area contributed by atoms with E-state index in [0.717, 1.165) is 6.33 Å². The van der Waals surface area contributed by atoms with Crippen LogP contribution in [0.25, 0.3) is 0 Å². The number of quaternary nitrogens is 1. The fourth-order valence-corrected chi connectivity index (χ4v) is 2.05. The monoisotopic (exact) mass is 300 g/mol. The minimum Gasteiger partial charge on any atom is -0.465 e. The van der Waals surface area contributed by atoms with E-state index in [-0.39, 0.29) is 23.7 Å². The van der Waals surface area contributed by atoms with E-state index in [2.05, 4.69) is 25.8 Å². The molecule has 8 N–H and O–H groups in total. The van der Waals surface area contributed by atoms with Gasteiger partial charge in [0.05, 0.1) is 7.11 Å².